The van der Waals surface area contributed by atoms with Gasteiger partial charge in [0.2, 0.25) is 29.4 Å². The van der Waals surface area contributed by atoms with E-state index in [9.17, 15) is 28.8 Å². The van der Waals surface area contributed by atoms with Gasteiger partial charge in [0.1, 0.15) is 18.1 Å². The van der Waals surface area contributed by atoms with Crippen molar-refractivity contribution in [3.05, 3.63) is 71.8 Å². The Balaban J connectivity index is 1.52. The highest BCUT2D eigenvalue weighted by atomic mass is 16.2. The Morgan fingerprint density at radius 2 is 1.46 bits per heavy atom. The molecule has 0 bridgehead atoms. The number of benzene rings is 2. The van der Waals surface area contributed by atoms with Crippen molar-refractivity contribution in [3.8, 4) is 0 Å². The van der Waals surface area contributed by atoms with E-state index >= 15 is 0 Å². The minimum atomic E-state index is -1.05. The molecular weight excluding hydrogens is 658 g/mol. The smallest absolute Gasteiger partial charge is 0.289 e. The van der Waals surface area contributed by atoms with Crippen LogP contribution >= 0.6 is 0 Å². The lowest BCUT2D eigenvalue weighted by molar-refractivity contribution is -0.144. The summed E-state index contributed by atoms with van der Waals surface area (Å²) in [5.74, 6) is -3.43. The molecule has 11 nitrogen and oxygen atoms in total. The molecule has 52 heavy (non-hydrogen) atoms. The summed E-state index contributed by atoms with van der Waals surface area (Å²) in [5, 5.41) is 11.3. The summed E-state index contributed by atoms with van der Waals surface area (Å²) in [6.07, 6.45) is 7.38. The first kappa shape index (κ1) is 40.2. The van der Waals surface area contributed by atoms with Gasteiger partial charge in [-0.15, -0.1) is 0 Å². The van der Waals surface area contributed by atoms with Gasteiger partial charge in [-0.05, 0) is 67.4 Å². The third kappa shape index (κ3) is 11.5. The van der Waals surface area contributed by atoms with Crippen LogP contribution in [0.5, 0.6) is 0 Å². The molecule has 5 amide bonds. The van der Waals surface area contributed by atoms with E-state index in [1.807, 2.05) is 81.4 Å². The fourth-order valence-electron chi connectivity index (χ4n) is 7.51. The molecule has 1 aliphatic carbocycles. The van der Waals surface area contributed by atoms with Crippen LogP contribution in [-0.2, 0) is 41.7 Å². The zero-order chi connectivity index (χ0) is 37.6. The lowest BCUT2D eigenvalue weighted by Gasteiger charge is -2.34. The number of hydrogen-bond acceptors (Lipinski definition) is 6. The number of hydrogen-bond donors (Lipinski definition) is 4. The molecule has 0 radical (unpaired) electrons. The molecule has 282 valence electrons. The van der Waals surface area contributed by atoms with Gasteiger partial charge in [0.25, 0.3) is 5.91 Å². The van der Waals surface area contributed by atoms with E-state index in [1.54, 1.807) is 4.90 Å². The summed E-state index contributed by atoms with van der Waals surface area (Å²) in [6, 6.07) is 15.6. The standard InChI is InChI=1S/C41H57N5O6/c1-5-15-33(37(48)40(51)42-25-30-18-11-7-12-19-30)44-38(49)34-24-31(23-22-29-16-9-6-10-17-29)26-46(34)41(52)35(27(2)3)45-39(50)36(43-28(4)47)32-20-13-8-14-21-32/h6-7,9-12,16-19,27,31-36H,5,8,13-15,20-26H2,1-4H3,(H,42,51)(H,43,47)(H,44,49)(H,45,50). The topological polar surface area (TPSA) is 154 Å². The SMILES string of the molecule is CCCC(NC(=O)C1CC(CCc2ccccc2)CN1C(=O)C(NC(=O)C(NC(C)=O)C1CCCCC1)C(C)C)C(=O)C(=O)NCc1ccccc1. The Labute approximate surface area is 308 Å². The molecule has 2 aromatic rings. The van der Waals surface area contributed by atoms with Crippen LogP contribution in [0.1, 0.15) is 96.6 Å². The van der Waals surface area contributed by atoms with Gasteiger partial charge >= 0.3 is 0 Å². The van der Waals surface area contributed by atoms with Gasteiger partial charge in [-0.1, -0.05) is 107 Å². The van der Waals surface area contributed by atoms with E-state index in [4.69, 9.17) is 0 Å². The summed E-state index contributed by atoms with van der Waals surface area (Å²) < 4.78 is 0. The van der Waals surface area contributed by atoms with Crippen molar-refractivity contribution in [2.75, 3.05) is 6.54 Å². The predicted octanol–water partition coefficient (Wildman–Crippen LogP) is 4.23. The number of nitrogens with one attached hydrogen (secondary N) is 4. The number of ketones is 1. The summed E-state index contributed by atoms with van der Waals surface area (Å²) in [5.41, 5.74) is 2.00. The second-order valence-electron chi connectivity index (χ2n) is 14.8. The maximum absolute atomic E-state index is 14.5. The highest BCUT2D eigenvalue weighted by Gasteiger charge is 2.44. The van der Waals surface area contributed by atoms with E-state index < -0.39 is 47.7 Å². The van der Waals surface area contributed by atoms with Crippen LogP contribution in [0, 0.1) is 17.8 Å². The van der Waals surface area contributed by atoms with Crippen LogP contribution in [0.2, 0.25) is 0 Å². The van der Waals surface area contributed by atoms with Crippen LogP contribution in [0.4, 0.5) is 0 Å². The number of carbonyl (C=O) groups is 6. The Morgan fingerprint density at radius 1 is 0.827 bits per heavy atom. The largest absolute Gasteiger partial charge is 0.345 e. The second kappa shape index (κ2) is 19.9. The van der Waals surface area contributed by atoms with Crippen molar-refractivity contribution in [3.63, 3.8) is 0 Å². The van der Waals surface area contributed by atoms with Crippen molar-refractivity contribution < 1.29 is 28.8 Å². The summed E-state index contributed by atoms with van der Waals surface area (Å²) in [6.45, 7) is 7.44. The normalized spacial score (nSPS) is 19.3. The van der Waals surface area contributed by atoms with Crippen molar-refractivity contribution in [1.82, 2.24) is 26.2 Å². The number of amides is 5. The summed E-state index contributed by atoms with van der Waals surface area (Å²) in [4.78, 5) is 82.3. The van der Waals surface area contributed by atoms with E-state index in [0.717, 1.165) is 56.1 Å². The zero-order valence-electron chi connectivity index (χ0n) is 31.2. The van der Waals surface area contributed by atoms with Gasteiger partial charge in [-0.2, -0.15) is 0 Å². The van der Waals surface area contributed by atoms with Gasteiger partial charge in [0.15, 0.2) is 0 Å². The van der Waals surface area contributed by atoms with Gasteiger partial charge in [0.05, 0.1) is 6.04 Å². The average molecular weight is 716 g/mol. The number of rotatable bonds is 17. The molecule has 2 aliphatic rings. The minimum Gasteiger partial charge on any atom is -0.345 e. The molecule has 1 saturated heterocycles. The second-order valence-corrected chi connectivity index (χ2v) is 14.8. The van der Waals surface area contributed by atoms with Crippen molar-refractivity contribution in [1.29, 1.82) is 0 Å². The van der Waals surface area contributed by atoms with Gasteiger partial charge in [-0.3, -0.25) is 28.8 Å². The lowest BCUT2D eigenvalue weighted by Crippen LogP contribution is -2.60. The molecule has 4 N–H and O–H groups in total. The van der Waals surface area contributed by atoms with E-state index in [-0.39, 0.29) is 42.5 Å². The number of carbonyl (C=O) groups excluding carboxylic acids is 6. The van der Waals surface area contributed by atoms with Crippen LogP contribution in [0.25, 0.3) is 0 Å². The molecule has 5 atom stereocenters. The Kier molecular flexibility index (Phi) is 15.4. The van der Waals surface area contributed by atoms with Gasteiger partial charge < -0.3 is 26.2 Å². The fourth-order valence-corrected chi connectivity index (χ4v) is 7.51. The van der Waals surface area contributed by atoms with Crippen molar-refractivity contribution >= 4 is 35.3 Å². The summed E-state index contributed by atoms with van der Waals surface area (Å²) >= 11 is 0. The zero-order valence-corrected chi connectivity index (χ0v) is 31.2. The molecule has 0 spiro atoms. The highest BCUT2D eigenvalue weighted by Crippen LogP contribution is 2.30. The molecular formula is C41H57N5O6. The van der Waals surface area contributed by atoms with Crippen molar-refractivity contribution in [2.24, 2.45) is 17.8 Å². The van der Waals surface area contributed by atoms with E-state index in [1.165, 1.54) is 6.92 Å². The number of Topliss-reactive ketones (excluding diaryl/α,β-unsaturated/α-hetero) is 1. The monoisotopic (exact) mass is 715 g/mol. The molecule has 1 aliphatic heterocycles. The number of likely N-dealkylation sites (tertiary alicyclic amines) is 1. The molecule has 11 heteroatoms. The Bertz CT molecular complexity index is 1510. The van der Waals surface area contributed by atoms with Crippen LogP contribution in [-0.4, -0.2) is 70.9 Å². The average Bonchev–Trinajstić information content (AvgIpc) is 3.59. The Hall–Kier alpha value is -4.54. The predicted molar refractivity (Wildman–Crippen MR) is 199 cm³/mol. The molecule has 4 rings (SSSR count). The first-order chi connectivity index (χ1) is 25.0. The quantitative estimate of drug-likeness (QED) is 0.180. The molecule has 1 saturated carbocycles. The van der Waals surface area contributed by atoms with Crippen LogP contribution in [0.15, 0.2) is 60.7 Å². The maximum atomic E-state index is 14.5. The molecule has 2 fully saturated rings. The van der Waals surface area contributed by atoms with Crippen LogP contribution < -0.4 is 21.3 Å². The lowest BCUT2D eigenvalue weighted by atomic mass is 9.83. The molecule has 0 aromatic heterocycles. The maximum Gasteiger partial charge on any atom is 0.289 e. The highest BCUT2D eigenvalue weighted by molar-refractivity contribution is 6.38. The summed E-state index contributed by atoms with van der Waals surface area (Å²) in [7, 11) is 0. The molecule has 5 unspecified atom stereocenters. The number of nitrogens with zero attached hydrogens (tertiary/aromatic N) is 1. The molecule has 1 heterocycles. The third-order valence-electron chi connectivity index (χ3n) is 10.4. The molecule has 2 aromatic carbocycles. The first-order valence-corrected chi connectivity index (χ1v) is 19.1. The minimum absolute atomic E-state index is 0.00714. The Morgan fingerprint density at radius 3 is 2.06 bits per heavy atom. The third-order valence-corrected chi connectivity index (χ3v) is 10.4. The van der Waals surface area contributed by atoms with Crippen LogP contribution in [0.3, 0.4) is 0 Å². The van der Waals surface area contributed by atoms with Crippen molar-refractivity contribution in [2.45, 2.75) is 123 Å². The van der Waals surface area contributed by atoms with E-state index in [0.29, 0.717) is 19.4 Å². The van der Waals surface area contributed by atoms with E-state index in [2.05, 4.69) is 21.3 Å². The van der Waals surface area contributed by atoms with Gasteiger partial charge in [-0.25, -0.2) is 0 Å². The fraction of sp³-hybridized carbons (Fsp3) is 0.561. The number of aryl methyl sites for hydroxylation is 1. The first-order valence-electron chi connectivity index (χ1n) is 19.1. The van der Waals surface area contributed by atoms with Gasteiger partial charge in [0, 0.05) is 20.0 Å².